The summed E-state index contributed by atoms with van der Waals surface area (Å²) in [6.07, 6.45) is 3.52. The van der Waals surface area contributed by atoms with Crippen LogP contribution in [0.15, 0.2) is 60.9 Å². The average Bonchev–Trinajstić information content (AvgIpc) is 3.09. The largest absolute Gasteiger partial charge is 0.459 e. The van der Waals surface area contributed by atoms with Crippen LogP contribution in [0, 0.1) is 5.82 Å². The number of benzene rings is 2. The van der Waals surface area contributed by atoms with Gasteiger partial charge in [-0.05, 0) is 17.2 Å². The number of aldehydes is 1. The zero-order valence-corrected chi connectivity index (χ0v) is 13.3. The van der Waals surface area contributed by atoms with Gasteiger partial charge in [0.05, 0.1) is 11.8 Å². The van der Waals surface area contributed by atoms with E-state index in [1.54, 1.807) is 12.3 Å². The number of hydrogen-bond donors (Lipinski definition) is 0. The minimum Gasteiger partial charge on any atom is -0.459 e. The Labute approximate surface area is 143 Å². The SMILES string of the molecule is O=Cc1c(F)cccc1-c1cnn(CC(=O)OCc2ccccc2)c1. The normalized spacial score (nSPS) is 10.4. The number of aromatic nitrogens is 2. The molecule has 0 atom stereocenters. The van der Waals surface area contributed by atoms with Crippen molar-refractivity contribution in [2.24, 2.45) is 0 Å². The Hall–Kier alpha value is -3.28. The Balaban J connectivity index is 1.67. The van der Waals surface area contributed by atoms with Crippen LogP contribution in [0.2, 0.25) is 0 Å². The van der Waals surface area contributed by atoms with Crippen molar-refractivity contribution in [2.45, 2.75) is 13.2 Å². The second-order valence-electron chi connectivity index (χ2n) is 5.39. The fourth-order valence-electron chi connectivity index (χ4n) is 2.41. The lowest BCUT2D eigenvalue weighted by atomic mass is 10.0. The van der Waals surface area contributed by atoms with Crippen LogP contribution >= 0.6 is 0 Å². The van der Waals surface area contributed by atoms with Crippen LogP contribution in [0.3, 0.4) is 0 Å². The number of rotatable bonds is 6. The minimum absolute atomic E-state index is 0.0336. The molecule has 0 bridgehead atoms. The van der Waals surface area contributed by atoms with Gasteiger partial charge in [-0.25, -0.2) is 4.39 Å². The number of ether oxygens (including phenoxy) is 1. The van der Waals surface area contributed by atoms with Crippen molar-refractivity contribution in [1.82, 2.24) is 9.78 Å². The van der Waals surface area contributed by atoms with Gasteiger partial charge in [-0.3, -0.25) is 14.3 Å². The lowest BCUT2D eigenvalue weighted by molar-refractivity contribution is -0.145. The minimum atomic E-state index is -0.595. The molecule has 3 rings (SSSR count). The summed E-state index contributed by atoms with van der Waals surface area (Å²) in [4.78, 5) is 23.0. The highest BCUT2D eigenvalue weighted by atomic mass is 19.1. The predicted octanol–water partition coefficient (Wildman–Crippen LogP) is 3.25. The van der Waals surface area contributed by atoms with Gasteiger partial charge in [-0.1, -0.05) is 42.5 Å². The van der Waals surface area contributed by atoms with Crippen molar-refractivity contribution in [3.63, 3.8) is 0 Å². The molecular weight excluding hydrogens is 323 g/mol. The van der Waals surface area contributed by atoms with Crippen molar-refractivity contribution in [2.75, 3.05) is 0 Å². The maximum absolute atomic E-state index is 13.7. The molecule has 0 fully saturated rings. The molecule has 126 valence electrons. The Kier molecular flexibility index (Phi) is 4.99. The van der Waals surface area contributed by atoms with E-state index >= 15 is 0 Å². The fraction of sp³-hybridized carbons (Fsp3) is 0.105. The van der Waals surface area contributed by atoms with Crippen molar-refractivity contribution in [1.29, 1.82) is 0 Å². The van der Waals surface area contributed by atoms with Gasteiger partial charge < -0.3 is 4.74 Å². The first-order chi connectivity index (χ1) is 12.2. The summed E-state index contributed by atoms with van der Waals surface area (Å²) in [5.41, 5.74) is 1.84. The quantitative estimate of drug-likeness (QED) is 0.511. The maximum Gasteiger partial charge on any atom is 0.328 e. The topological polar surface area (TPSA) is 61.2 Å². The molecule has 0 aliphatic carbocycles. The number of nitrogens with zero attached hydrogens (tertiary/aromatic N) is 2. The van der Waals surface area contributed by atoms with Crippen molar-refractivity contribution in [3.8, 4) is 11.1 Å². The maximum atomic E-state index is 13.7. The van der Waals surface area contributed by atoms with Crippen LogP contribution in [-0.4, -0.2) is 22.0 Å². The highest BCUT2D eigenvalue weighted by Gasteiger charge is 2.12. The third kappa shape index (κ3) is 3.98. The molecule has 5 nitrogen and oxygen atoms in total. The smallest absolute Gasteiger partial charge is 0.328 e. The Bertz CT molecular complexity index is 891. The molecule has 0 unspecified atom stereocenters. The van der Waals surface area contributed by atoms with E-state index < -0.39 is 11.8 Å². The third-order valence-electron chi connectivity index (χ3n) is 3.65. The van der Waals surface area contributed by atoms with Crippen LogP contribution in [-0.2, 0) is 22.7 Å². The number of carbonyl (C=O) groups excluding carboxylic acids is 2. The molecule has 0 spiro atoms. The van der Waals surface area contributed by atoms with Gasteiger partial charge in [0.25, 0.3) is 0 Å². The molecule has 0 amide bonds. The summed E-state index contributed by atoms with van der Waals surface area (Å²) in [7, 11) is 0. The number of halogens is 1. The Morgan fingerprint density at radius 3 is 2.72 bits per heavy atom. The van der Waals surface area contributed by atoms with Gasteiger partial charge in [-0.15, -0.1) is 0 Å². The molecule has 0 radical (unpaired) electrons. The van der Waals surface area contributed by atoms with E-state index in [1.165, 1.54) is 23.0 Å². The first-order valence-corrected chi connectivity index (χ1v) is 7.63. The standard InChI is InChI=1S/C19H15FN2O3/c20-18-8-4-7-16(17(18)12-23)15-9-21-22(10-15)11-19(24)25-13-14-5-2-1-3-6-14/h1-10,12H,11,13H2. The predicted molar refractivity (Wildman–Crippen MR) is 89.2 cm³/mol. The van der Waals surface area contributed by atoms with Crippen LogP contribution in [0.25, 0.3) is 11.1 Å². The van der Waals surface area contributed by atoms with Crippen LogP contribution in [0.5, 0.6) is 0 Å². The lowest BCUT2D eigenvalue weighted by Crippen LogP contribution is -2.13. The summed E-state index contributed by atoms with van der Waals surface area (Å²) < 4.78 is 20.3. The number of carbonyl (C=O) groups is 2. The molecule has 6 heteroatoms. The van der Waals surface area contributed by atoms with E-state index in [1.807, 2.05) is 30.3 Å². The van der Waals surface area contributed by atoms with Gasteiger partial charge in [-0.2, -0.15) is 5.10 Å². The molecular formula is C19H15FN2O3. The highest BCUT2D eigenvalue weighted by molar-refractivity contribution is 5.87. The number of hydrogen-bond acceptors (Lipinski definition) is 4. The summed E-state index contributed by atoms with van der Waals surface area (Å²) in [6, 6.07) is 13.7. The molecule has 0 aliphatic rings. The van der Waals surface area contributed by atoms with Gasteiger partial charge in [0.2, 0.25) is 0 Å². The van der Waals surface area contributed by atoms with E-state index in [0.29, 0.717) is 17.4 Å². The molecule has 2 aromatic carbocycles. The Morgan fingerprint density at radius 1 is 1.16 bits per heavy atom. The van der Waals surface area contributed by atoms with Crippen molar-refractivity contribution < 1.29 is 18.7 Å². The van der Waals surface area contributed by atoms with E-state index in [-0.39, 0.29) is 18.7 Å². The molecule has 0 saturated heterocycles. The first-order valence-electron chi connectivity index (χ1n) is 7.63. The van der Waals surface area contributed by atoms with Crippen molar-refractivity contribution >= 4 is 12.3 Å². The summed E-state index contributed by atoms with van der Waals surface area (Å²) >= 11 is 0. The molecule has 1 aromatic heterocycles. The van der Waals surface area contributed by atoms with Gasteiger partial charge in [0, 0.05) is 11.8 Å². The molecule has 0 saturated carbocycles. The first kappa shape index (κ1) is 16.6. The van der Waals surface area contributed by atoms with Crippen molar-refractivity contribution in [3.05, 3.63) is 77.9 Å². The third-order valence-corrected chi connectivity index (χ3v) is 3.65. The number of esters is 1. The average molecular weight is 338 g/mol. The van der Waals surface area contributed by atoms with Gasteiger partial charge in [0.15, 0.2) is 6.29 Å². The highest BCUT2D eigenvalue weighted by Crippen LogP contribution is 2.24. The molecule has 25 heavy (non-hydrogen) atoms. The van der Waals surface area contributed by atoms with E-state index in [4.69, 9.17) is 4.74 Å². The van der Waals surface area contributed by atoms with Crippen LogP contribution in [0.1, 0.15) is 15.9 Å². The molecule has 3 aromatic rings. The van der Waals surface area contributed by atoms with Gasteiger partial charge in [0.1, 0.15) is 19.0 Å². The summed E-state index contributed by atoms with van der Waals surface area (Å²) in [5, 5.41) is 4.07. The van der Waals surface area contributed by atoms with E-state index in [0.717, 1.165) is 5.56 Å². The van der Waals surface area contributed by atoms with Crippen LogP contribution < -0.4 is 0 Å². The van der Waals surface area contributed by atoms with E-state index in [2.05, 4.69) is 5.10 Å². The second-order valence-corrected chi connectivity index (χ2v) is 5.39. The summed E-state index contributed by atoms with van der Waals surface area (Å²) in [6.45, 7) is 0.117. The Morgan fingerprint density at radius 2 is 1.96 bits per heavy atom. The van der Waals surface area contributed by atoms with Crippen LogP contribution in [0.4, 0.5) is 4.39 Å². The molecule has 0 aliphatic heterocycles. The van der Waals surface area contributed by atoms with E-state index in [9.17, 15) is 14.0 Å². The molecule has 1 heterocycles. The van der Waals surface area contributed by atoms with Gasteiger partial charge >= 0.3 is 5.97 Å². The fourth-order valence-corrected chi connectivity index (χ4v) is 2.41. The summed E-state index contributed by atoms with van der Waals surface area (Å²) in [5.74, 6) is -1.03. The molecule has 0 N–H and O–H groups in total. The monoisotopic (exact) mass is 338 g/mol. The lowest BCUT2D eigenvalue weighted by Gasteiger charge is -2.05. The zero-order chi connectivity index (χ0) is 17.6. The second kappa shape index (κ2) is 7.53. The zero-order valence-electron chi connectivity index (χ0n) is 13.3.